The maximum Gasteiger partial charge on any atom is 0.244 e. The fraction of sp³-hybridized carbons (Fsp3) is 0.562. The number of hydrogen-bond donors (Lipinski definition) is 2. The number of carbonyl (C=O) groups is 1. The second-order valence-electron chi connectivity index (χ2n) is 5.86. The Kier molecular flexibility index (Phi) is 4.78. The minimum atomic E-state index is -0.377. The summed E-state index contributed by atoms with van der Waals surface area (Å²) in [6, 6.07) is 8.08. The monoisotopic (exact) mass is 275 g/mol. The van der Waals surface area contributed by atoms with Crippen molar-refractivity contribution in [3.63, 3.8) is 0 Å². The lowest BCUT2D eigenvalue weighted by Gasteiger charge is -2.26. The molecular weight excluding hydrogens is 250 g/mol. The van der Waals surface area contributed by atoms with Crippen molar-refractivity contribution in [2.45, 2.75) is 38.3 Å². The number of nitrogens with one attached hydrogen (secondary N) is 2. The highest BCUT2D eigenvalue weighted by Gasteiger charge is 2.38. The van der Waals surface area contributed by atoms with Gasteiger partial charge in [-0.25, -0.2) is 0 Å². The van der Waals surface area contributed by atoms with E-state index in [2.05, 4.69) is 34.6 Å². The summed E-state index contributed by atoms with van der Waals surface area (Å²) in [4.78, 5) is 14.6. The molecule has 0 aliphatic carbocycles. The number of hydrogen-bond acceptors (Lipinski definition) is 3. The van der Waals surface area contributed by atoms with Gasteiger partial charge in [-0.15, -0.1) is 0 Å². The lowest BCUT2D eigenvalue weighted by molar-refractivity contribution is -0.122. The SMILES string of the molecule is CCC1(C(=O)Nc2cccc(CN(C)C)c2)CCCN1. The van der Waals surface area contributed by atoms with Gasteiger partial charge in [-0.2, -0.15) is 0 Å². The lowest BCUT2D eigenvalue weighted by Crippen LogP contribution is -2.50. The molecule has 4 heteroatoms. The second kappa shape index (κ2) is 6.37. The second-order valence-corrected chi connectivity index (χ2v) is 5.86. The van der Waals surface area contributed by atoms with E-state index in [1.807, 2.05) is 26.2 Å². The molecule has 4 nitrogen and oxygen atoms in total. The van der Waals surface area contributed by atoms with Gasteiger partial charge in [0.1, 0.15) is 0 Å². The summed E-state index contributed by atoms with van der Waals surface area (Å²) in [6.45, 7) is 3.88. The Morgan fingerprint density at radius 1 is 1.45 bits per heavy atom. The van der Waals surface area contributed by atoms with Crippen molar-refractivity contribution in [1.29, 1.82) is 0 Å². The number of benzene rings is 1. The molecule has 1 heterocycles. The Morgan fingerprint density at radius 2 is 2.25 bits per heavy atom. The van der Waals surface area contributed by atoms with E-state index in [-0.39, 0.29) is 11.4 Å². The van der Waals surface area contributed by atoms with Crippen LogP contribution in [0.15, 0.2) is 24.3 Å². The molecule has 2 rings (SSSR count). The smallest absolute Gasteiger partial charge is 0.244 e. The van der Waals surface area contributed by atoms with Gasteiger partial charge in [-0.1, -0.05) is 19.1 Å². The first-order valence-electron chi connectivity index (χ1n) is 7.36. The van der Waals surface area contributed by atoms with Gasteiger partial charge in [0, 0.05) is 12.2 Å². The van der Waals surface area contributed by atoms with E-state index in [9.17, 15) is 4.79 Å². The van der Waals surface area contributed by atoms with Gasteiger partial charge < -0.3 is 15.5 Å². The van der Waals surface area contributed by atoms with E-state index < -0.39 is 0 Å². The molecule has 1 atom stereocenters. The summed E-state index contributed by atoms with van der Waals surface area (Å²) in [5.41, 5.74) is 1.71. The first-order valence-corrected chi connectivity index (χ1v) is 7.36. The van der Waals surface area contributed by atoms with Crippen molar-refractivity contribution < 1.29 is 4.79 Å². The Labute approximate surface area is 121 Å². The first-order chi connectivity index (χ1) is 9.55. The minimum absolute atomic E-state index is 0.0968. The summed E-state index contributed by atoms with van der Waals surface area (Å²) in [7, 11) is 4.08. The molecule has 1 amide bonds. The molecule has 110 valence electrons. The van der Waals surface area contributed by atoms with Crippen molar-refractivity contribution in [1.82, 2.24) is 10.2 Å². The number of rotatable bonds is 5. The van der Waals surface area contributed by atoms with E-state index in [1.165, 1.54) is 5.56 Å². The first kappa shape index (κ1) is 15.0. The van der Waals surface area contributed by atoms with Gasteiger partial charge >= 0.3 is 0 Å². The lowest BCUT2D eigenvalue weighted by atomic mass is 9.93. The van der Waals surface area contributed by atoms with E-state index in [0.717, 1.165) is 38.0 Å². The predicted octanol–water partition coefficient (Wildman–Crippen LogP) is 2.22. The molecule has 20 heavy (non-hydrogen) atoms. The Morgan fingerprint density at radius 3 is 2.85 bits per heavy atom. The average molecular weight is 275 g/mol. The van der Waals surface area contributed by atoms with Crippen LogP contribution in [0.5, 0.6) is 0 Å². The number of anilines is 1. The molecule has 1 aromatic rings. The Hall–Kier alpha value is -1.39. The van der Waals surface area contributed by atoms with Crippen LogP contribution in [0.2, 0.25) is 0 Å². The van der Waals surface area contributed by atoms with E-state index in [1.54, 1.807) is 0 Å². The third kappa shape index (κ3) is 3.38. The zero-order chi connectivity index (χ0) is 14.6. The highest BCUT2D eigenvalue weighted by atomic mass is 16.2. The molecule has 1 unspecified atom stereocenters. The Bertz CT molecular complexity index is 465. The van der Waals surface area contributed by atoms with Gasteiger partial charge in [0.15, 0.2) is 0 Å². The maximum absolute atomic E-state index is 12.5. The molecule has 0 saturated carbocycles. The van der Waals surface area contributed by atoms with E-state index >= 15 is 0 Å². The van der Waals surface area contributed by atoms with E-state index in [4.69, 9.17) is 0 Å². The van der Waals surface area contributed by atoms with Gasteiger partial charge in [0.25, 0.3) is 0 Å². The van der Waals surface area contributed by atoms with Crippen molar-refractivity contribution in [2.75, 3.05) is 26.0 Å². The summed E-state index contributed by atoms with van der Waals surface area (Å²) < 4.78 is 0. The summed E-state index contributed by atoms with van der Waals surface area (Å²) in [6.07, 6.45) is 2.82. The van der Waals surface area contributed by atoms with Gasteiger partial charge in [0.2, 0.25) is 5.91 Å². The standard InChI is InChI=1S/C16H25N3O/c1-4-16(9-6-10-17-16)15(20)18-14-8-5-7-13(11-14)12-19(2)3/h5,7-8,11,17H,4,6,9-10,12H2,1-3H3,(H,18,20). The van der Waals surface area contributed by atoms with Crippen LogP contribution < -0.4 is 10.6 Å². The van der Waals surface area contributed by atoms with Crippen molar-refractivity contribution >= 4 is 11.6 Å². The fourth-order valence-electron chi connectivity index (χ4n) is 2.83. The average Bonchev–Trinajstić information content (AvgIpc) is 2.88. The molecule has 0 bridgehead atoms. The third-order valence-electron chi connectivity index (χ3n) is 3.97. The van der Waals surface area contributed by atoms with Crippen LogP contribution in [-0.2, 0) is 11.3 Å². The topological polar surface area (TPSA) is 44.4 Å². The molecule has 0 spiro atoms. The predicted molar refractivity (Wildman–Crippen MR) is 82.7 cm³/mol. The molecule has 1 aliphatic heterocycles. The normalized spacial score (nSPS) is 22.2. The zero-order valence-electron chi connectivity index (χ0n) is 12.7. The van der Waals surface area contributed by atoms with Crippen LogP contribution in [0.4, 0.5) is 5.69 Å². The van der Waals surface area contributed by atoms with Crippen molar-refractivity contribution in [3.8, 4) is 0 Å². The Balaban J connectivity index is 2.07. The van der Waals surface area contributed by atoms with Crippen LogP contribution >= 0.6 is 0 Å². The van der Waals surface area contributed by atoms with Crippen LogP contribution in [0.25, 0.3) is 0 Å². The fourth-order valence-corrected chi connectivity index (χ4v) is 2.83. The molecular formula is C16H25N3O. The summed E-state index contributed by atoms with van der Waals surface area (Å²) in [5.74, 6) is 0.0968. The molecule has 1 fully saturated rings. The van der Waals surface area contributed by atoms with Crippen LogP contribution in [-0.4, -0.2) is 37.0 Å². The van der Waals surface area contributed by atoms with Crippen LogP contribution in [0.1, 0.15) is 31.7 Å². The molecule has 2 N–H and O–H groups in total. The van der Waals surface area contributed by atoms with Crippen LogP contribution in [0.3, 0.4) is 0 Å². The molecule has 0 radical (unpaired) electrons. The number of nitrogens with zero attached hydrogens (tertiary/aromatic N) is 1. The third-order valence-corrected chi connectivity index (χ3v) is 3.97. The van der Waals surface area contributed by atoms with Gasteiger partial charge in [0.05, 0.1) is 5.54 Å². The highest BCUT2D eigenvalue weighted by Crippen LogP contribution is 2.25. The van der Waals surface area contributed by atoms with Gasteiger partial charge in [-0.05, 0) is 57.6 Å². The van der Waals surface area contributed by atoms with Crippen LogP contribution in [0, 0.1) is 0 Å². The highest BCUT2D eigenvalue weighted by molar-refractivity contribution is 5.98. The van der Waals surface area contributed by atoms with Gasteiger partial charge in [-0.3, -0.25) is 4.79 Å². The number of amides is 1. The van der Waals surface area contributed by atoms with Crippen molar-refractivity contribution in [3.05, 3.63) is 29.8 Å². The summed E-state index contributed by atoms with van der Waals surface area (Å²) in [5, 5.41) is 6.44. The zero-order valence-corrected chi connectivity index (χ0v) is 12.7. The van der Waals surface area contributed by atoms with E-state index in [0.29, 0.717) is 0 Å². The number of carbonyl (C=O) groups excluding carboxylic acids is 1. The maximum atomic E-state index is 12.5. The van der Waals surface area contributed by atoms with Crippen molar-refractivity contribution in [2.24, 2.45) is 0 Å². The summed E-state index contributed by atoms with van der Waals surface area (Å²) >= 11 is 0. The minimum Gasteiger partial charge on any atom is -0.324 e. The molecule has 1 aromatic carbocycles. The largest absolute Gasteiger partial charge is 0.324 e. The molecule has 1 aliphatic rings. The quantitative estimate of drug-likeness (QED) is 0.866. The molecule has 1 saturated heterocycles. The molecule has 0 aromatic heterocycles.